The lowest BCUT2D eigenvalue weighted by atomic mass is 10.2. The summed E-state index contributed by atoms with van der Waals surface area (Å²) in [6.07, 6.45) is 1.62. The molecule has 0 spiro atoms. The molecule has 1 heterocycles. The smallest absolute Gasteiger partial charge is 0.345 e. The molecule has 0 aliphatic heterocycles. The quantitative estimate of drug-likeness (QED) is 0.665. The fraction of sp³-hybridized carbons (Fsp3) is 0.0769. The van der Waals surface area contributed by atoms with Crippen LogP contribution in [-0.2, 0) is 11.4 Å². The van der Waals surface area contributed by atoms with Gasteiger partial charge in [0.25, 0.3) is 0 Å². The Balaban J connectivity index is 1.85. The summed E-state index contributed by atoms with van der Waals surface area (Å²) in [5.41, 5.74) is 0.954. The van der Waals surface area contributed by atoms with E-state index in [-0.39, 0.29) is 6.61 Å². The molecule has 4 nitrogen and oxygen atoms in total. The van der Waals surface area contributed by atoms with Crippen LogP contribution in [0.2, 0.25) is 0 Å². The first-order chi connectivity index (χ1) is 8.75. The molecule has 2 aromatic rings. The highest BCUT2D eigenvalue weighted by molar-refractivity contribution is 7.13. The Morgan fingerprint density at radius 3 is 2.72 bits per heavy atom. The second-order valence-electron chi connectivity index (χ2n) is 3.49. The third-order valence-corrected chi connectivity index (χ3v) is 3.20. The zero-order valence-corrected chi connectivity index (χ0v) is 10.3. The molecule has 92 valence electrons. The average Bonchev–Trinajstić information content (AvgIpc) is 2.85. The van der Waals surface area contributed by atoms with Crippen LogP contribution in [0.3, 0.4) is 0 Å². The van der Waals surface area contributed by atoms with Gasteiger partial charge in [-0.3, -0.25) is 0 Å². The van der Waals surface area contributed by atoms with Gasteiger partial charge in [0.1, 0.15) is 4.88 Å². The molecule has 1 aromatic heterocycles. The number of hydrogen-bond acceptors (Lipinski definition) is 4. The van der Waals surface area contributed by atoms with Crippen molar-refractivity contribution in [3.63, 3.8) is 0 Å². The number of oxime groups is 1. The van der Waals surface area contributed by atoms with Crippen molar-refractivity contribution in [3.05, 3.63) is 57.8 Å². The van der Waals surface area contributed by atoms with Crippen molar-refractivity contribution in [3.8, 4) is 0 Å². The number of nitrogens with zero attached hydrogens (tertiary/aromatic N) is 1. The number of benzene rings is 1. The normalized spacial score (nSPS) is 10.7. The van der Waals surface area contributed by atoms with Crippen LogP contribution >= 0.6 is 11.3 Å². The third kappa shape index (κ3) is 3.43. The van der Waals surface area contributed by atoms with E-state index in [1.807, 2.05) is 30.3 Å². The van der Waals surface area contributed by atoms with E-state index < -0.39 is 5.97 Å². The summed E-state index contributed by atoms with van der Waals surface area (Å²) < 4.78 is 0. The van der Waals surface area contributed by atoms with E-state index in [2.05, 4.69) is 5.16 Å². The summed E-state index contributed by atoms with van der Waals surface area (Å²) in [4.78, 5) is 16.9. The van der Waals surface area contributed by atoms with Crippen molar-refractivity contribution in [2.45, 2.75) is 6.61 Å². The minimum atomic E-state index is -0.918. The fourth-order valence-corrected chi connectivity index (χ4v) is 2.06. The van der Waals surface area contributed by atoms with Gasteiger partial charge in [0.05, 0.1) is 6.21 Å². The van der Waals surface area contributed by atoms with Gasteiger partial charge >= 0.3 is 5.97 Å². The largest absolute Gasteiger partial charge is 0.477 e. The molecule has 18 heavy (non-hydrogen) atoms. The molecule has 0 bridgehead atoms. The Labute approximate surface area is 108 Å². The zero-order valence-electron chi connectivity index (χ0n) is 9.45. The Morgan fingerprint density at radius 2 is 2.06 bits per heavy atom. The van der Waals surface area contributed by atoms with Crippen molar-refractivity contribution >= 4 is 23.5 Å². The first-order valence-electron chi connectivity index (χ1n) is 5.28. The molecule has 1 aromatic carbocycles. The van der Waals surface area contributed by atoms with Gasteiger partial charge in [0.2, 0.25) is 0 Å². The Hall–Kier alpha value is -2.14. The molecule has 0 radical (unpaired) electrons. The lowest BCUT2D eigenvalue weighted by Crippen LogP contribution is -1.89. The predicted molar refractivity (Wildman–Crippen MR) is 70.1 cm³/mol. The molecule has 0 saturated heterocycles. The third-order valence-electron chi connectivity index (χ3n) is 2.16. The molecule has 0 aliphatic carbocycles. The number of carboxylic acids is 1. The van der Waals surface area contributed by atoms with Gasteiger partial charge in [-0.2, -0.15) is 0 Å². The molecule has 0 fully saturated rings. The highest BCUT2D eigenvalue weighted by atomic mass is 32.1. The standard InChI is InChI=1S/C13H11NO3S/c15-13(16)12-7-6-11(18-12)9-17-14-8-10-4-2-1-3-5-10/h1-8H,9H2,(H,15,16)/b14-8+. The van der Waals surface area contributed by atoms with E-state index in [0.717, 1.165) is 10.4 Å². The number of carbonyl (C=O) groups is 1. The lowest BCUT2D eigenvalue weighted by Gasteiger charge is -1.95. The Kier molecular flexibility index (Phi) is 4.09. The minimum Gasteiger partial charge on any atom is -0.477 e. The highest BCUT2D eigenvalue weighted by Gasteiger charge is 2.06. The van der Waals surface area contributed by atoms with Gasteiger partial charge in [-0.15, -0.1) is 11.3 Å². The van der Waals surface area contributed by atoms with Crippen molar-refractivity contribution in [1.82, 2.24) is 0 Å². The SMILES string of the molecule is O=C(O)c1ccc(CO/N=C/c2ccccc2)s1. The van der Waals surface area contributed by atoms with E-state index in [1.165, 1.54) is 11.3 Å². The Bertz CT molecular complexity index is 548. The van der Waals surface area contributed by atoms with Gasteiger partial charge in [0, 0.05) is 4.88 Å². The maximum absolute atomic E-state index is 10.7. The molecule has 1 N–H and O–H groups in total. The van der Waals surface area contributed by atoms with Crippen molar-refractivity contribution in [2.24, 2.45) is 5.16 Å². The van der Waals surface area contributed by atoms with Gasteiger partial charge in [-0.05, 0) is 17.7 Å². The molecule has 0 unspecified atom stereocenters. The van der Waals surface area contributed by atoms with Gasteiger partial charge < -0.3 is 9.94 Å². The minimum absolute atomic E-state index is 0.279. The monoisotopic (exact) mass is 261 g/mol. The fourth-order valence-electron chi connectivity index (χ4n) is 1.31. The zero-order chi connectivity index (χ0) is 12.8. The van der Waals surface area contributed by atoms with Crippen LogP contribution in [0.5, 0.6) is 0 Å². The highest BCUT2D eigenvalue weighted by Crippen LogP contribution is 2.17. The molecule has 0 aliphatic rings. The van der Waals surface area contributed by atoms with Gasteiger partial charge in [-0.25, -0.2) is 4.79 Å². The van der Waals surface area contributed by atoms with E-state index >= 15 is 0 Å². The van der Waals surface area contributed by atoms with Crippen molar-refractivity contribution < 1.29 is 14.7 Å². The van der Waals surface area contributed by atoms with Crippen LogP contribution in [0.15, 0.2) is 47.6 Å². The number of hydrogen-bond donors (Lipinski definition) is 1. The molecule has 5 heteroatoms. The number of aromatic carboxylic acids is 1. The summed E-state index contributed by atoms with van der Waals surface area (Å²) >= 11 is 1.19. The number of rotatable bonds is 5. The second kappa shape index (κ2) is 5.97. The maximum atomic E-state index is 10.7. The van der Waals surface area contributed by atoms with Crippen LogP contribution in [0, 0.1) is 0 Å². The summed E-state index contributed by atoms with van der Waals surface area (Å²) in [6.45, 7) is 0.279. The first kappa shape index (κ1) is 12.3. The van der Waals surface area contributed by atoms with E-state index in [9.17, 15) is 4.79 Å². The first-order valence-corrected chi connectivity index (χ1v) is 6.10. The Morgan fingerprint density at radius 1 is 1.28 bits per heavy atom. The van der Waals surface area contributed by atoms with Crippen LogP contribution in [0.25, 0.3) is 0 Å². The molecule has 0 amide bonds. The topological polar surface area (TPSA) is 58.9 Å². The summed E-state index contributed by atoms with van der Waals surface area (Å²) in [6, 6.07) is 12.9. The van der Waals surface area contributed by atoms with Gasteiger partial charge in [-0.1, -0.05) is 35.5 Å². The number of carboxylic acid groups (broad SMARTS) is 1. The van der Waals surface area contributed by atoms with E-state index in [4.69, 9.17) is 9.94 Å². The number of thiophene rings is 1. The average molecular weight is 261 g/mol. The van der Waals surface area contributed by atoms with E-state index in [0.29, 0.717) is 4.88 Å². The van der Waals surface area contributed by atoms with Crippen molar-refractivity contribution in [1.29, 1.82) is 0 Å². The van der Waals surface area contributed by atoms with Gasteiger partial charge in [0.15, 0.2) is 6.61 Å². The molecular weight excluding hydrogens is 250 g/mol. The lowest BCUT2D eigenvalue weighted by molar-refractivity contribution is 0.0702. The second-order valence-corrected chi connectivity index (χ2v) is 4.66. The molecule has 2 rings (SSSR count). The summed E-state index contributed by atoms with van der Waals surface area (Å²) in [5.74, 6) is -0.918. The van der Waals surface area contributed by atoms with Crippen LogP contribution in [0.4, 0.5) is 0 Å². The molecule has 0 atom stereocenters. The summed E-state index contributed by atoms with van der Waals surface area (Å²) in [7, 11) is 0. The molecular formula is C13H11NO3S. The molecule has 0 saturated carbocycles. The van der Waals surface area contributed by atoms with Crippen LogP contribution in [0.1, 0.15) is 20.1 Å². The maximum Gasteiger partial charge on any atom is 0.345 e. The van der Waals surface area contributed by atoms with E-state index in [1.54, 1.807) is 18.3 Å². The summed E-state index contributed by atoms with van der Waals surface area (Å²) in [5, 5.41) is 12.6. The van der Waals surface area contributed by atoms with Crippen LogP contribution in [-0.4, -0.2) is 17.3 Å². The van der Waals surface area contributed by atoms with Crippen LogP contribution < -0.4 is 0 Å². The van der Waals surface area contributed by atoms with Crippen molar-refractivity contribution in [2.75, 3.05) is 0 Å². The predicted octanol–water partition coefficient (Wildman–Crippen LogP) is 3.00.